The van der Waals surface area contributed by atoms with E-state index in [2.05, 4.69) is 35.4 Å². The lowest BCUT2D eigenvalue weighted by molar-refractivity contribution is 0.171. The first-order valence-electron chi connectivity index (χ1n) is 6.61. The predicted octanol–water partition coefficient (Wildman–Crippen LogP) is 3.89. The van der Waals surface area contributed by atoms with Crippen LogP contribution in [0.15, 0.2) is 57.3 Å². The van der Waals surface area contributed by atoms with E-state index in [4.69, 9.17) is 9.47 Å². The molecule has 0 N–H and O–H groups in total. The van der Waals surface area contributed by atoms with Gasteiger partial charge in [0.05, 0.1) is 5.69 Å². The van der Waals surface area contributed by atoms with Gasteiger partial charge in [-0.15, -0.1) is 0 Å². The van der Waals surface area contributed by atoms with Crippen LogP contribution in [0.1, 0.15) is 0 Å². The van der Waals surface area contributed by atoms with Gasteiger partial charge in [0.1, 0.15) is 13.2 Å². The van der Waals surface area contributed by atoms with Crippen LogP contribution in [0, 0.1) is 5.92 Å². The van der Waals surface area contributed by atoms with E-state index in [1.807, 2.05) is 18.3 Å². The monoisotopic (exact) mass is 283 g/mol. The van der Waals surface area contributed by atoms with Crippen molar-refractivity contribution in [2.24, 2.45) is 10.9 Å². The SMILES string of the molecule is C1=CC2=CC(C=C1)C=Nc1cc3c(cc1S2)OCCO3. The zero-order chi connectivity index (χ0) is 13.4. The van der Waals surface area contributed by atoms with Crippen molar-refractivity contribution in [2.75, 3.05) is 13.2 Å². The highest BCUT2D eigenvalue weighted by molar-refractivity contribution is 8.03. The molecule has 0 spiro atoms. The molecular weight excluding hydrogens is 270 g/mol. The number of fused-ring (bicyclic) bond motifs is 3. The Morgan fingerprint density at radius 3 is 2.85 bits per heavy atom. The van der Waals surface area contributed by atoms with Crippen molar-refractivity contribution < 1.29 is 9.47 Å². The molecule has 0 fully saturated rings. The maximum atomic E-state index is 5.65. The zero-order valence-electron chi connectivity index (χ0n) is 10.8. The molecule has 0 radical (unpaired) electrons. The van der Waals surface area contributed by atoms with Gasteiger partial charge >= 0.3 is 0 Å². The topological polar surface area (TPSA) is 30.8 Å². The Labute approximate surface area is 121 Å². The lowest BCUT2D eigenvalue weighted by atomic mass is 10.1. The van der Waals surface area contributed by atoms with Crippen LogP contribution in [0.2, 0.25) is 0 Å². The van der Waals surface area contributed by atoms with Crippen LogP contribution in [0.3, 0.4) is 0 Å². The van der Waals surface area contributed by atoms with Crippen LogP contribution >= 0.6 is 11.8 Å². The second-order valence-electron chi connectivity index (χ2n) is 4.73. The largest absolute Gasteiger partial charge is 0.486 e. The van der Waals surface area contributed by atoms with Crippen molar-refractivity contribution in [3.8, 4) is 11.5 Å². The van der Waals surface area contributed by atoms with E-state index in [9.17, 15) is 0 Å². The van der Waals surface area contributed by atoms with E-state index in [1.54, 1.807) is 11.8 Å². The second kappa shape index (κ2) is 4.87. The Balaban J connectivity index is 1.82. The smallest absolute Gasteiger partial charge is 0.163 e. The van der Waals surface area contributed by atoms with E-state index in [0.29, 0.717) is 13.2 Å². The van der Waals surface area contributed by atoms with Gasteiger partial charge < -0.3 is 9.47 Å². The molecule has 1 aromatic rings. The Hall–Kier alpha value is -1.94. The van der Waals surface area contributed by atoms with Crippen LogP contribution in [0.4, 0.5) is 5.69 Å². The number of nitrogens with zero attached hydrogens (tertiary/aromatic N) is 1. The Kier molecular flexibility index (Phi) is 2.89. The molecule has 1 atom stereocenters. The number of thioether (sulfide) groups is 1. The Morgan fingerprint density at radius 1 is 1.10 bits per heavy atom. The van der Waals surface area contributed by atoms with Gasteiger partial charge in [-0.1, -0.05) is 36.1 Å². The van der Waals surface area contributed by atoms with Crippen LogP contribution in [0.5, 0.6) is 11.5 Å². The summed E-state index contributed by atoms with van der Waals surface area (Å²) in [7, 11) is 0. The number of hydrogen-bond acceptors (Lipinski definition) is 4. The van der Waals surface area contributed by atoms with Crippen LogP contribution < -0.4 is 9.47 Å². The lowest BCUT2D eigenvalue weighted by Crippen LogP contribution is -2.15. The Morgan fingerprint density at radius 2 is 1.95 bits per heavy atom. The number of ether oxygens (including phenoxy) is 2. The average molecular weight is 283 g/mol. The summed E-state index contributed by atoms with van der Waals surface area (Å²) in [5.74, 6) is 1.84. The van der Waals surface area contributed by atoms with Crippen molar-refractivity contribution in [1.82, 2.24) is 0 Å². The lowest BCUT2D eigenvalue weighted by Gasteiger charge is -2.20. The maximum Gasteiger partial charge on any atom is 0.163 e. The van der Waals surface area contributed by atoms with E-state index in [0.717, 1.165) is 22.1 Å². The van der Waals surface area contributed by atoms with Crippen LogP contribution in [0.25, 0.3) is 0 Å². The van der Waals surface area contributed by atoms with Gasteiger partial charge in [-0.25, -0.2) is 0 Å². The van der Waals surface area contributed by atoms with Gasteiger partial charge in [0.25, 0.3) is 0 Å². The van der Waals surface area contributed by atoms with Gasteiger partial charge in [-0.05, 0) is 6.08 Å². The molecule has 0 saturated carbocycles. The fourth-order valence-electron chi connectivity index (χ4n) is 2.34. The highest BCUT2D eigenvalue weighted by Crippen LogP contribution is 2.44. The molecule has 100 valence electrons. The third kappa shape index (κ3) is 2.16. The second-order valence-corrected chi connectivity index (χ2v) is 5.85. The molecule has 2 heterocycles. The summed E-state index contributed by atoms with van der Waals surface area (Å²) in [6.45, 7) is 1.20. The van der Waals surface area contributed by atoms with Gasteiger partial charge in [0.15, 0.2) is 11.5 Å². The molecule has 2 bridgehead atoms. The fourth-order valence-corrected chi connectivity index (χ4v) is 3.35. The zero-order valence-corrected chi connectivity index (χ0v) is 11.6. The van der Waals surface area contributed by atoms with Crippen molar-refractivity contribution in [2.45, 2.75) is 4.90 Å². The normalized spacial score (nSPS) is 22.4. The molecule has 3 aliphatic rings. The standard InChI is InChI=1S/C16H13NO2S/c1-2-4-12-7-11(3-1)10-17-13-8-14-15(9-16(13)20-12)19-6-5-18-14/h1-4,7-11H,5-6H2. The number of benzene rings is 1. The maximum absolute atomic E-state index is 5.65. The summed E-state index contributed by atoms with van der Waals surface area (Å²) >= 11 is 1.72. The molecule has 1 unspecified atom stereocenters. The molecule has 4 heteroatoms. The van der Waals surface area contributed by atoms with Crippen LogP contribution in [-0.2, 0) is 0 Å². The van der Waals surface area contributed by atoms with Gasteiger partial charge in [-0.2, -0.15) is 0 Å². The number of allylic oxidation sites excluding steroid dienone is 5. The average Bonchev–Trinajstić information content (AvgIpc) is 2.70. The fraction of sp³-hybridized carbons (Fsp3) is 0.188. The van der Waals surface area contributed by atoms with Gasteiger partial charge in [0.2, 0.25) is 0 Å². The summed E-state index contributed by atoms with van der Waals surface area (Å²) < 4.78 is 11.3. The molecule has 2 aliphatic heterocycles. The summed E-state index contributed by atoms with van der Waals surface area (Å²) in [6.07, 6.45) is 12.6. The first kappa shape index (κ1) is 11.9. The molecule has 0 aromatic heterocycles. The molecular formula is C16H13NO2S. The van der Waals surface area contributed by atoms with Crippen LogP contribution in [-0.4, -0.2) is 19.4 Å². The number of aliphatic imine (C=N–C) groups is 1. The highest BCUT2D eigenvalue weighted by Gasteiger charge is 2.18. The number of rotatable bonds is 0. The summed E-state index contributed by atoms with van der Waals surface area (Å²) in [5, 5.41) is 0. The van der Waals surface area contributed by atoms with Crippen molar-refractivity contribution in [1.29, 1.82) is 0 Å². The minimum atomic E-state index is 0.244. The van der Waals surface area contributed by atoms with E-state index >= 15 is 0 Å². The molecule has 1 aromatic carbocycles. The van der Waals surface area contributed by atoms with E-state index in [-0.39, 0.29) is 5.92 Å². The Bertz CT molecular complexity index is 673. The molecule has 20 heavy (non-hydrogen) atoms. The van der Waals surface area contributed by atoms with E-state index in [1.165, 1.54) is 4.91 Å². The summed E-state index contributed by atoms with van der Waals surface area (Å²) in [4.78, 5) is 6.94. The quantitative estimate of drug-likeness (QED) is 0.723. The summed E-state index contributed by atoms with van der Waals surface area (Å²) in [5.41, 5.74) is 0.943. The predicted molar refractivity (Wildman–Crippen MR) is 81.3 cm³/mol. The first-order chi connectivity index (χ1) is 9.88. The molecule has 1 aliphatic carbocycles. The number of hydrogen-bond donors (Lipinski definition) is 0. The van der Waals surface area contributed by atoms with Crippen molar-refractivity contribution in [3.63, 3.8) is 0 Å². The highest BCUT2D eigenvalue weighted by atomic mass is 32.2. The third-order valence-electron chi connectivity index (χ3n) is 3.30. The van der Waals surface area contributed by atoms with Crippen molar-refractivity contribution >= 4 is 23.7 Å². The van der Waals surface area contributed by atoms with Crippen molar-refractivity contribution in [3.05, 3.63) is 47.4 Å². The summed E-state index contributed by atoms with van der Waals surface area (Å²) in [6, 6.07) is 4.00. The first-order valence-corrected chi connectivity index (χ1v) is 7.42. The molecule has 3 nitrogen and oxygen atoms in total. The van der Waals surface area contributed by atoms with E-state index < -0.39 is 0 Å². The van der Waals surface area contributed by atoms with Gasteiger partial charge in [0, 0.05) is 34.1 Å². The molecule has 0 amide bonds. The molecule has 0 saturated heterocycles. The van der Waals surface area contributed by atoms with Gasteiger partial charge in [-0.3, -0.25) is 4.99 Å². The molecule has 4 rings (SSSR count). The minimum Gasteiger partial charge on any atom is -0.486 e. The minimum absolute atomic E-state index is 0.244. The third-order valence-corrected chi connectivity index (χ3v) is 4.35.